The maximum Gasteiger partial charge on any atom is 0.188 e. The molecule has 3 N–H and O–H groups in total. The zero-order valence-corrected chi connectivity index (χ0v) is 17.3. The van der Waals surface area contributed by atoms with Gasteiger partial charge in [0.15, 0.2) is 5.96 Å². The number of guanidine groups is 1. The van der Waals surface area contributed by atoms with Crippen LogP contribution in [0.3, 0.4) is 0 Å². The molecule has 1 aliphatic rings. The number of nitrogens with two attached hydrogens (primary N) is 1. The highest BCUT2D eigenvalue weighted by molar-refractivity contribution is 14.0. The lowest BCUT2D eigenvalue weighted by molar-refractivity contribution is 0.132. The Labute approximate surface area is 163 Å². The minimum absolute atomic E-state index is 0. The van der Waals surface area contributed by atoms with Crippen LogP contribution in [-0.4, -0.2) is 55.0 Å². The number of benzene rings is 1. The highest BCUT2D eigenvalue weighted by atomic mass is 127. The molecule has 1 aromatic carbocycles. The van der Waals surface area contributed by atoms with E-state index in [9.17, 15) is 0 Å². The van der Waals surface area contributed by atoms with Gasteiger partial charge in [0, 0.05) is 39.3 Å². The number of aliphatic imine (C=N–C) groups is 1. The molecule has 1 aliphatic heterocycles. The van der Waals surface area contributed by atoms with Crippen LogP contribution in [0.1, 0.15) is 31.4 Å². The molecule has 1 aromatic rings. The summed E-state index contributed by atoms with van der Waals surface area (Å²) in [7, 11) is 0. The molecule has 1 saturated heterocycles. The van der Waals surface area contributed by atoms with Crippen molar-refractivity contribution in [2.24, 2.45) is 10.7 Å². The molecule has 2 rings (SSSR count). The van der Waals surface area contributed by atoms with Crippen molar-refractivity contribution < 1.29 is 0 Å². The largest absolute Gasteiger partial charge is 0.370 e. The predicted octanol–water partition coefficient (Wildman–Crippen LogP) is 2.26. The standard InChI is InChI=1S/C18H31N5.HI/c1-3-9-20-18(19)21-14-16-5-7-17(8-6-16)15-23-12-10-22(4-2)11-13-23;/h5-8H,3-4,9-15H2,1-2H3,(H3,19,20,21);1H. The summed E-state index contributed by atoms with van der Waals surface area (Å²) in [4.78, 5) is 9.40. The zero-order chi connectivity index (χ0) is 16.5. The van der Waals surface area contributed by atoms with Crippen LogP contribution in [0.5, 0.6) is 0 Å². The van der Waals surface area contributed by atoms with Crippen molar-refractivity contribution in [3.63, 3.8) is 0 Å². The van der Waals surface area contributed by atoms with Crippen molar-refractivity contribution in [3.8, 4) is 0 Å². The number of piperazine rings is 1. The molecule has 0 bridgehead atoms. The maximum absolute atomic E-state index is 5.81. The van der Waals surface area contributed by atoms with Crippen LogP contribution < -0.4 is 11.1 Å². The molecule has 24 heavy (non-hydrogen) atoms. The van der Waals surface area contributed by atoms with Gasteiger partial charge in [-0.15, -0.1) is 24.0 Å². The lowest BCUT2D eigenvalue weighted by Gasteiger charge is -2.34. The van der Waals surface area contributed by atoms with Crippen LogP contribution in [-0.2, 0) is 13.1 Å². The van der Waals surface area contributed by atoms with E-state index < -0.39 is 0 Å². The summed E-state index contributed by atoms with van der Waals surface area (Å²) in [5.74, 6) is 0.532. The number of hydrogen-bond donors (Lipinski definition) is 2. The second-order valence-corrected chi connectivity index (χ2v) is 6.16. The first-order valence-corrected chi connectivity index (χ1v) is 8.77. The van der Waals surface area contributed by atoms with Crippen LogP contribution in [0, 0.1) is 0 Å². The van der Waals surface area contributed by atoms with E-state index in [2.05, 4.69) is 58.2 Å². The van der Waals surface area contributed by atoms with Crippen LogP contribution in [0.15, 0.2) is 29.3 Å². The van der Waals surface area contributed by atoms with Crippen molar-refractivity contribution in [3.05, 3.63) is 35.4 Å². The third-order valence-corrected chi connectivity index (χ3v) is 4.33. The molecule has 0 saturated carbocycles. The summed E-state index contributed by atoms with van der Waals surface area (Å²) in [5.41, 5.74) is 8.39. The second-order valence-electron chi connectivity index (χ2n) is 6.16. The molecular formula is C18H32IN5. The number of nitrogens with one attached hydrogen (secondary N) is 1. The summed E-state index contributed by atoms with van der Waals surface area (Å²) in [6.45, 7) is 12.8. The summed E-state index contributed by atoms with van der Waals surface area (Å²) in [5, 5.41) is 3.09. The van der Waals surface area contributed by atoms with Gasteiger partial charge >= 0.3 is 0 Å². The van der Waals surface area contributed by atoms with Crippen molar-refractivity contribution >= 4 is 29.9 Å². The lowest BCUT2D eigenvalue weighted by atomic mass is 10.1. The van der Waals surface area contributed by atoms with Crippen molar-refractivity contribution in [1.29, 1.82) is 0 Å². The van der Waals surface area contributed by atoms with E-state index in [4.69, 9.17) is 5.73 Å². The maximum atomic E-state index is 5.81. The van der Waals surface area contributed by atoms with E-state index in [0.29, 0.717) is 12.5 Å². The molecule has 0 amide bonds. The molecule has 1 fully saturated rings. The average molecular weight is 445 g/mol. The lowest BCUT2D eigenvalue weighted by Crippen LogP contribution is -2.45. The molecular weight excluding hydrogens is 413 g/mol. The predicted molar refractivity (Wildman–Crippen MR) is 113 cm³/mol. The van der Waals surface area contributed by atoms with Crippen LogP contribution in [0.25, 0.3) is 0 Å². The Hall–Kier alpha value is -0.860. The molecule has 6 heteroatoms. The Kier molecular flexibility index (Phi) is 10.3. The van der Waals surface area contributed by atoms with E-state index in [1.54, 1.807) is 0 Å². The van der Waals surface area contributed by atoms with Gasteiger partial charge < -0.3 is 16.0 Å². The van der Waals surface area contributed by atoms with E-state index in [0.717, 1.165) is 19.5 Å². The number of halogens is 1. The minimum atomic E-state index is 0. The van der Waals surface area contributed by atoms with Crippen molar-refractivity contribution in [2.45, 2.75) is 33.4 Å². The number of likely N-dealkylation sites (N-methyl/N-ethyl adjacent to an activating group) is 1. The third-order valence-electron chi connectivity index (χ3n) is 4.33. The molecule has 0 radical (unpaired) electrons. The van der Waals surface area contributed by atoms with Crippen molar-refractivity contribution in [2.75, 3.05) is 39.3 Å². The second kappa shape index (κ2) is 11.7. The molecule has 0 aliphatic carbocycles. The van der Waals surface area contributed by atoms with Gasteiger partial charge in [-0.25, -0.2) is 4.99 Å². The van der Waals surface area contributed by atoms with Gasteiger partial charge in [-0.2, -0.15) is 0 Å². The Bertz CT molecular complexity index is 481. The molecule has 1 heterocycles. The average Bonchev–Trinajstić information content (AvgIpc) is 2.60. The smallest absolute Gasteiger partial charge is 0.188 e. The quantitative estimate of drug-likeness (QED) is 0.384. The highest BCUT2D eigenvalue weighted by Crippen LogP contribution is 2.10. The zero-order valence-electron chi connectivity index (χ0n) is 15.0. The number of rotatable bonds is 7. The Morgan fingerprint density at radius 1 is 1.04 bits per heavy atom. The fourth-order valence-corrected chi connectivity index (χ4v) is 2.76. The van der Waals surface area contributed by atoms with Gasteiger partial charge in [-0.05, 0) is 24.1 Å². The first-order valence-electron chi connectivity index (χ1n) is 8.77. The van der Waals surface area contributed by atoms with Crippen LogP contribution in [0.4, 0.5) is 0 Å². The van der Waals surface area contributed by atoms with Crippen LogP contribution in [0.2, 0.25) is 0 Å². The fourth-order valence-electron chi connectivity index (χ4n) is 2.76. The summed E-state index contributed by atoms with van der Waals surface area (Å²) in [6.07, 6.45) is 1.05. The molecule has 0 atom stereocenters. The Morgan fingerprint density at radius 2 is 1.62 bits per heavy atom. The first kappa shape index (κ1) is 21.2. The SMILES string of the molecule is CCCNC(N)=NCc1ccc(CN2CCN(CC)CC2)cc1.I. The Balaban J connectivity index is 0.00000288. The molecule has 0 unspecified atom stereocenters. The first-order chi connectivity index (χ1) is 11.2. The van der Waals surface area contributed by atoms with Gasteiger partial charge in [0.1, 0.15) is 0 Å². The topological polar surface area (TPSA) is 56.9 Å². The molecule has 0 spiro atoms. The van der Waals surface area contributed by atoms with Gasteiger partial charge in [0.25, 0.3) is 0 Å². The van der Waals surface area contributed by atoms with Crippen LogP contribution >= 0.6 is 24.0 Å². The van der Waals surface area contributed by atoms with Gasteiger partial charge in [0.2, 0.25) is 0 Å². The third kappa shape index (κ3) is 7.36. The van der Waals surface area contributed by atoms with E-state index >= 15 is 0 Å². The molecule has 5 nitrogen and oxygen atoms in total. The van der Waals surface area contributed by atoms with E-state index in [1.807, 2.05) is 0 Å². The molecule has 0 aromatic heterocycles. The van der Waals surface area contributed by atoms with Gasteiger partial charge in [-0.1, -0.05) is 38.1 Å². The van der Waals surface area contributed by atoms with Crippen molar-refractivity contribution in [1.82, 2.24) is 15.1 Å². The summed E-state index contributed by atoms with van der Waals surface area (Å²) < 4.78 is 0. The van der Waals surface area contributed by atoms with E-state index in [-0.39, 0.29) is 24.0 Å². The monoisotopic (exact) mass is 445 g/mol. The van der Waals surface area contributed by atoms with Gasteiger partial charge in [0.05, 0.1) is 6.54 Å². The number of nitrogens with zero attached hydrogens (tertiary/aromatic N) is 3. The highest BCUT2D eigenvalue weighted by Gasteiger charge is 2.15. The minimum Gasteiger partial charge on any atom is -0.370 e. The van der Waals surface area contributed by atoms with E-state index in [1.165, 1.54) is 43.9 Å². The summed E-state index contributed by atoms with van der Waals surface area (Å²) >= 11 is 0. The fraction of sp³-hybridized carbons (Fsp3) is 0.611. The summed E-state index contributed by atoms with van der Waals surface area (Å²) in [6, 6.07) is 8.75. The molecule has 136 valence electrons. The van der Waals surface area contributed by atoms with Gasteiger partial charge in [-0.3, -0.25) is 4.90 Å². The normalized spacial score (nSPS) is 16.7. The number of hydrogen-bond acceptors (Lipinski definition) is 3. The Morgan fingerprint density at radius 3 is 2.21 bits per heavy atom.